The normalized spacial score (nSPS) is 15.1. The third kappa shape index (κ3) is 4.20. The number of amides is 1. The van der Waals surface area contributed by atoms with Crippen LogP contribution in [-0.2, 0) is 22.7 Å². The number of hydrogen-bond acceptors (Lipinski definition) is 3. The molecule has 1 aliphatic rings. The van der Waals surface area contributed by atoms with Gasteiger partial charge in [0.05, 0.1) is 19.8 Å². The van der Waals surface area contributed by atoms with Gasteiger partial charge in [-0.05, 0) is 42.7 Å². The van der Waals surface area contributed by atoms with Gasteiger partial charge in [0, 0.05) is 30.2 Å². The van der Waals surface area contributed by atoms with Gasteiger partial charge in [0.25, 0.3) is 0 Å². The Balaban J connectivity index is 1.29. The lowest BCUT2D eigenvalue weighted by Crippen LogP contribution is -2.42. The van der Waals surface area contributed by atoms with Gasteiger partial charge in [-0.1, -0.05) is 30.3 Å². The Bertz CT molecular complexity index is 927. The molecule has 1 saturated heterocycles. The number of aromatic nitrogens is 1. The molecule has 0 N–H and O–H groups in total. The van der Waals surface area contributed by atoms with Crippen LogP contribution in [0.15, 0.2) is 60.8 Å². The number of piperidine rings is 1. The van der Waals surface area contributed by atoms with Crippen molar-refractivity contribution in [1.29, 1.82) is 0 Å². The largest absolute Gasteiger partial charge is 0.497 e. The van der Waals surface area contributed by atoms with Crippen LogP contribution in [0.25, 0.3) is 10.9 Å². The minimum Gasteiger partial charge on any atom is -0.497 e. The molecule has 1 aromatic heterocycles. The maximum atomic E-state index is 12.8. The highest BCUT2D eigenvalue weighted by Crippen LogP contribution is 2.22. The lowest BCUT2D eigenvalue weighted by Gasteiger charge is -2.32. The summed E-state index contributed by atoms with van der Waals surface area (Å²) in [5.74, 6) is 0.990. The number of benzene rings is 2. The van der Waals surface area contributed by atoms with Crippen LogP contribution in [-0.4, -0.2) is 41.7 Å². The minimum absolute atomic E-state index is 0.162. The van der Waals surface area contributed by atoms with Crippen molar-refractivity contribution < 1.29 is 14.3 Å². The summed E-state index contributed by atoms with van der Waals surface area (Å²) >= 11 is 0. The lowest BCUT2D eigenvalue weighted by molar-refractivity contribution is -0.134. The van der Waals surface area contributed by atoms with Crippen LogP contribution in [0.5, 0.6) is 5.75 Å². The number of fused-ring (bicyclic) bond motifs is 1. The van der Waals surface area contributed by atoms with Crippen molar-refractivity contribution in [2.24, 2.45) is 0 Å². The molecule has 0 aliphatic carbocycles. The molecule has 1 amide bonds. The second-order valence-corrected chi connectivity index (χ2v) is 7.25. The first-order valence-electron chi connectivity index (χ1n) is 9.79. The molecule has 146 valence electrons. The van der Waals surface area contributed by atoms with Gasteiger partial charge >= 0.3 is 0 Å². The number of nitrogens with zero attached hydrogens (tertiary/aromatic N) is 2. The summed E-state index contributed by atoms with van der Waals surface area (Å²) in [5, 5.41) is 1.08. The molecule has 0 radical (unpaired) electrons. The second-order valence-electron chi connectivity index (χ2n) is 7.25. The van der Waals surface area contributed by atoms with E-state index in [-0.39, 0.29) is 12.0 Å². The predicted molar refractivity (Wildman–Crippen MR) is 109 cm³/mol. The standard InChI is InChI=1S/C23H26N2O3/c1-27-21-7-8-22-19(15-21)9-12-25(22)16-23(26)24-13-10-20(11-14-24)28-17-18-5-3-2-4-6-18/h2-9,12,15,20H,10-11,13-14,16-17H2,1H3. The minimum atomic E-state index is 0.162. The number of likely N-dealkylation sites (tertiary alicyclic amines) is 1. The summed E-state index contributed by atoms with van der Waals surface area (Å²) in [6.07, 6.45) is 3.98. The van der Waals surface area contributed by atoms with E-state index in [1.165, 1.54) is 5.56 Å². The van der Waals surface area contributed by atoms with Crippen LogP contribution in [0.4, 0.5) is 0 Å². The van der Waals surface area contributed by atoms with E-state index in [1.54, 1.807) is 7.11 Å². The smallest absolute Gasteiger partial charge is 0.242 e. The van der Waals surface area contributed by atoms with Crippen LogP contribution in [0, 0.1) is 0 Å². The first-order chi connectivity index (χ1) is 13.7. The van der Waals surface area contributed by atoms with Crippen LogP contribution >= 0.6 is 0 Å². The second kappa shape index (κ2) is 8.48. The Kier molecular flexibility index (Phi) is 5.63. The fourth-order valence-electron chi connectivity index (χ4n) is 3.75. The van der Waals surface area contributed by atoms with Crippen LogP contribution in [0.3, 0.4) is 0 Å². The Labute approximate surface area is 165 Å². The average molecular weight is 378 g/mol. The molecule has 0 bridgehead atoms. The molecule has 4 rings (SSSR count). The Morgan fingerprint density at radius 2 is 1.86 bits per heavy atom. The first kappa shape index (κ1) is 18.6. The number of carbonyl (C=O) groups excluding carboxylic acids is 1. The number of methoxy groups -OCH3 is 1. The van der Waals surface area contributed by atoms with Gasteiger partial charge in [-0.3, -0.25) is 4.79 Å². The molecule has 5 nitrogen and oxygen atoms in total. The molecular weight excluding hydrogens is 352 g/mol. The number of hydrogen-bond donors (Lipinski definition) is 0. The van der Waals surface area contributed by atoms with E-state index in [0.29, 0.717) is 13.2 Å². The highest BCUT2D eigenvalue weighted by molar-refractivity contribution is 5.84. The number of rotatable bonds is 6. The third-order valence-corrected chi connectivity index (χ3v) is 5.41. The van der Waals surface area contributed by atoms with Gasteiger partial charge in [-0.25, -0.2) is 0 Å². The zero-order chi connectivity index (χ0) is 19.3. The van der Waals surface area contributed by atoms with E-state index in [4.69, 9.17) is 9.47 Å². The third-order valence-electron chi connectivity index (χ3n) is 5.41. The summed E-state index contributed by atoms with van der Waals surface area (Å²) in [7, 11) is 1.66. The van der Waals surface area contributed by atoms with Gasteiger partial charge in [0.1, 0.15) is 12.3 Å². The van der Waals surface area contributed by atoms with Crippen molar-refractivity contribution in [2.75, 3.05) is 20.2 Å². The van der Waals surface area contributed by atoms with Crippen LogP contribution in [0.1, 0.15) is 18.4 Å². The van der Waals surface area contributed by atoms with Gasteiger partial charge in [-0.15, -0.1) is 0 Å². The number of carbonyl (C=O) groups is 1. The average Bonchev–Trinajstić information content (AvgIpc) is 3.15. The van der Waals surface area contributed by atoms with Gasteiger partial charge in [-0.2, -0.15) is 0 Å². The molecule has 0 unspecified atom stereocenters. The maximum absolute atomic E-state index is 12.8. The van der Waals surface area contributed by atoms with E-state index in [1.807, 2.05) is 58.1 Å². The predicted octanol–water partition coefficient (Wildman–Crippen LogP) is 3.86. The summed E-state index contributed by atoms with van der Waals surface area (Å²) in [6.45, 7) is 2.51. The Morgan fingerprint density at radius 3 is 2.61 bits per heavy atom. The molecule has 2 aromatic carbocycles. The van der Waals surface area contributed by atoms with E-state index in [0.717, 1.165) is 42.6 Å². The summed E-state index contributed by atoms with van der Waals surface area (Å²) in [6, 6.07) is 18.2. The molecule has 1 fully saturated rings. The summed E-state index contributed by atoms with van der Waals surface area (Å²) < 4.78 is 13.3. The molecule has 0 saturated carbocycles. The molecular formula is C23H26N2O3. The van der Waals surface area contributed by atoms with E-state index >= 15 is 0 Å². The van der Waals surface area contributed by atoms with Crippen LogP contribution < -0.4 is 4.74 Å². The Morgan fingerprint density at radius 1 is 1.07 bits per heavy atom. The van der Waals surface area contributed by atoms with Crippen molar-refractivity contribution in [3.05, 3.63) is 66.4 Å². The first-order valence-corrected chi connectivity index (χ1v) is 9.79. The topological polar surface area (TPSA) is 43.7 Å². The highest BCUT2D eigenvalue weighted by Gasteiger charge is 2.23. The molecule has 0 spiro atoms. The van der Waals surface area contributed by atoms with Gasteiger partial charge in [0.2, 0.25) is 5.91 Å². The molecule has 1 aliphatic heterocycles. The van der Waals surface area contributed by atoms with E-state index in [9.17, 15) is 4.79 Å². The molecule has 3 aromatic rings. The van der Waals surface area contributed by atoms with Gasteiger partial charge < -0.3 is 18.9 Å². The zero-order valence-corrected chi connectivity index (χ0v) is 16.2. The molecule has 0 atom stereocenters. The Hall–Kier alpha value is -2.79. The SMILES string of the molecule is COc1ccc2c(ccn2CC(=O)N2CCC(OCc3ccccc3)CC2)c1. The summed E-state index contributed by atoms with van der Waals surface area (Å²) in [5.41, 5.74) is 2.24. The highest BCUT2D eigenvalue weighted by atomic mass is 16.5. The maximum Gasteiger partial charge on any atom is 0.242 e. The van der Waals surface area contributed by atoms with Crippen molar-refractivity contribution in [3.63, 3.8) is 0 Å². The monoisotopic (exact) mass is 378 g/mol. The fraction of sp³-hybridized carbons (Fsp3) is 0.348. The molecule has 5 heteroatoms. The van der Waals surface area contributed by atoms with E-state index < -0.39 is 0 Å². The quantitative estimate of drug-likeness (QED) is 0.654. The number of ether oxygens (including phenoxy) is 2. The summed E-state index contributed by atoms with van der Waals surface area (Å²) in [4.78, 5) is 14.7. The zero-order valence-electron chi connectivity index (χ0n) is 16.2. The van der Waals surface area contributed by atoms with Crippen LogP contribution in [0.2, 0.25) is 0 Å². The van der Waals surface area contributed by atoms with Crippen molar-refractivity contribution in [3.8, 4) is 5.75 Å². The van der Waals surface area contributed by atoms with Crippen molar-refractivity contribution in [1.82, 2.24) is 9.47 Å². The van der Waals surface area contributed by atoms with Gasteiger partial charge in [0.15, 0.2) is 0 Å². The van der Waals surface area contributed by atoms with Crippen molar-refractivity contribution >= 4 is 16.8 Å². The fourth-order valence-corrected chi connectivity index (χ4v) is 3.75. The van der Waals surface area contributed by atoms with Crippen molar-refractivity contribution in [2.45, 2.75) is 32.1 Å². The molecule has 28 heavy (non-hydrogen) atoms. The van der Waals surface area contributed by atoms with E-state index in [2.05, 4.69) is 12.1 Å². The molecule has 2 heterocycles. The lowest BCUT2D eigenvalue weighted by atomic mass is 10.1.